The molecular weight excluding hydrogens is 528 g/mol. The lowest BCUT2D eigenvalue weighted by molar-refractivity contribution is 0.0604. The zero-order chi connectivity index (χ0) is 26.8. The largest absolute Gasteiger partial charge is 0.496 e. The SMILES string of the molecule is CNC1CCC(N(Cc2cc(-c3cccnc3)ccc2OC)C(=O)c2sc3c(F)ccc(F)c3c2Cl)CC1. The number of hydrogen-bond acceptors (Lipinski definition) is 5. The van der Waals surface area contributed by atoms with Gasteiger partial charge >= 0.3 is 0 Å². The zero-order valence-electron chi connectivity index (χ0n) is 21.1. The topological polar surface area (TPSA) is 54.5 Å². The summed E-state index contributed by atoms with van der Waals surface area (Å²) in [6.07, 6.45) is 6.94. The average Bonchev–Trinajstić information content (AvgIpc) is 3.32. The molecule has 2 heterocycles. The molecule has 2 aromatic heterocycles. The van der Waals surface area contributed by atoms with Crippen LogP contribution in [0.15, 0.2) is 54.9 Å². The smallest absolute Gasteiger partial charge is 0.266 e. The number of fused-ring (bicyclic) bond motifs is 1. The van der Waals surface area contributed by atoms with Gasteiger partial charge in [-0.1, -0.05) is 23.7 Å². The van der Waals surface area contributed by atoms with Crippen molar-refractivity contribution in [3.05, 3.63) is 82.0 Å². The number of halogens is 3. The quantitative estimate of drug-likeness (QED) is 0.265. The van der Waals surface area contributed by atoms with E-state index in [1.807, 2.05) is 37.4 Å². The lowest BCUT2D eigenvalue weighted by Crippen LogP contribution is -2.44. The Morgan fingerprint density at radius 1 is 1.13 bits per heavy atom. The summed E-state index contributed by atoms with van der Waals surface area (Å²) >= 11 is 7.44. The number of hydrogen-bond donors (Lipinski definition) is 1. The van der Waals surface area contributed by atoms with Crippen LogP contribution in [0.25, 0.3) is 21.2 Å². The monoisotopic (exact) mass is 555 g/mol. The van der Waals surface area contributed by atoms with Crippen LogP contribution in [0.5, 0.6) is 5.75 Å². The molecule has 9 heteroatoms. The van der Waals surface area contributed by atoms with E-state index in [0.29, 0.717) is 11.8 Å². The summed E-state index contributed by atoms with van der Waals surface area (Å²) in [4.78, 5) is 20.3. The van der Waals surface area contributed by atoms with Gasteiger partial charge < -0.3 is 15.0 Å². The van der Waals surface area contributed by atoms with Crippen molar-refractivity contribution in [2.75, 3.05) is 14.2 Å². The Morgan fingerprint density at radius 2 is 1.89 bits per heavy atom. The molecule has 0 aliphatic heterocycles. The van der Waals surface area contributed by atoms with E-state index in [1.54, 1.807) is 24.4 Å². The number of methoxy groups -OCH3 is 1. The van der Waals surface area contributed by atoms with Gasteiger partial charge in [0.2, 0.25) is 0 Å². The van der Waals surface area contributed by atoms with Crippen molar-refractivity contribution in [3.63, 3.8) is 0 Å². The summed E-state index contributed by atoms with van der Waals surface area (Å²) in [6, 6.07) is 12.1. The van der Waals surface area contributed by atoms with E-state index in [1.165, 1.54) is 0 Å². The van der Waals surface area contributed by atoms with Crippen LogP contribution in [-0.2, 0) is 6.54 Å². The Hall–Kier alpha value is -3.07. The molecule has 1 amide bonds. The van der Waals surface area contributed by atoms with Crippen molar-refractivity contribution >= 4 is 38.9 Å². The van der Waals surface area contributed by atoms with E-state index in [4.69, 9.17) is 16.3 Å². The molecule has 5 rings (SSSR count). The second kappa shape index (κ2) is 11.4. The van der Waals surface area contributed by atoms with Crippen LogP contribution < -0.4 is 10.1 Å². The molecule has 0 saturated heterocycles. The van der Waals surface area contributed by atoms with Crippen LogP contribution >= 0.6 is 22.9 Å². The van der Waals surface area contributed by atoms with Gasteiger partial charge in [-0.25, -0.2) is 8.78 Å². The van der Waals surface area contributed by atoms with E-state index < -0.39 is 11.6 Å². The fourth-order valence-corrected chi connectivity index (χ4v) is 6.71. The molecule has 1 fully saturated rings. The van der Waals surface area contributed by atoms with Gasteiger partial charge in [-0.05, 0) is 68.6 Å². The van der Waals surface area contributed by atoms with Crippen molar-refractivity contribution in [2.45, 2.75) is 44.3 Å². The van der Waals surface area contributed by atoms with Crippen LogP contribution in [0.1, 0.15) is 40.9 Å². The summed E-state index contributed by atoms with van der Waals surface area (Å²) in [7, 11) is 3.55. The Morgan fingerprint density at radius 3 is 2.55 bits per heavy atom. The standard InChI is InChI=1S/C29H28ClF2N3O2S/c1-33-20-6-8-21(9-7-20)35(29(36)28-26(30)25-22(31)10-11-23(32)27(25)38-28)16-19-14-17(5-12-24(19)37-2)18-4-3-13-34-15-18/h3-5,10-15,20-21,33H,6-9,16H2,1-2H3. The van der Waals surface area contributed by atoms with Crippen molar-refractivity contribution in [1.29, 1.82) is 0 Å². The summed E-state index contributed by atoms with van der Waals surface area (Å²) in [5, 5.41) is 3.23. The Bertz CT molecular complexity index is 1460. The third kappa shape index (κ3) is 5.13. The fourth-order valence-electron chi connectivity index (χ4n) is 5.21. The highest BCUT2D eigenvalue weighted by molar-refractivity contribution is 7.21. The number of carbonyl (C=O) groups is 1. The number of amides is 1. The van der Waals surface area contributed by atoms with Gasteiger partial charge in [-0.15, -0.1) is 11.3 Å². The molecular formula is C29H28ClF2N3O2S. The maximum atomic E-state index is 14.6. The molecule has 1 aliphatic carbocycles. The minimum absolute atomic E-state index is 0.0445. The summed E-state index contributed by atoms with van der Waals surface area (Å²) < 4.78 is 34.8. The summed E-state index contributed by atoms with van der Waals surface area (Å²) in [5.74, 6) is -0.927. The number of benzene rings is 2. The van der Waals surface area contributed by atoms with E-state index in [0.717, 1.165) is 65.8 Å². The fraction of sp³-hybridized carbons (Fsp3) is 0.310. The number of pyridine rings is 1. The Balaban J connectivity index is 1.56. The molecule has 4 aromatic rings. The average molecular weight is 556 g/mol. The highest BCUT2D eigenvalue weighted by Crippen LogP contribution is 2.40. The minimum Gasteiger partial charge on any atom is -0.496 e. The highest BCUT2D eigenvalue weighted by atomic mass is 35.5. The maximum Gasteiger partial charge on any atom is 0.266 e. The third-order valence-electron chi connectivity index (χ3n) is 7.30. The Labute approximate surface area is 229 Å². The number of thiophene rings is 1. The number of ether oxygens (including phenoxy) is 1. The van der Waals surface area contributed by atoms with Crippen molar-refractivity contribution < 1.29 is 18.3 Å². The van der Waals surface area contributed by atoms with Crippen molar-refractivity contribution in [2.24, 2.45) is 0 Å². The first-order valence-electron chi connectivity index (χ1n) is 12.5. The lowest BCUT2D eigenvalue weighted by atomic mass is 9.89. The first-order valence-corrected chi connectivity index (χ1v) is 13.7. The van der Waals surface area contributed by atoms with Crippen LogP contribution in [0.4, 0.5) is 8.78 Å². The van der Waals surface area contributed by atoms with Gasteiger partial charge in [0.25, 0.3) is 5.91 Å². The number of rotatable bonds is 7. The third-order valence-corrected chi connectivity index (χ3v) is 8.97. The van der Waals surface area contributed by atoms with Crippen LogP contribution in [0, 0.1) is 11.6 Å². The predicted octanol–water partition coefficient (Wildman–Crippen LogP) is 7.08. The Kier molecular flexibility index (Phi) is 7.93. The van der Waals surface area contributed by atoms with Gasteiger partial charge in [-0.3, -0.25) is 9.78 Å². The van der Waals surface area contributed by atoms with Crippen molar-refractivity contribution in [1.82, 2.24) is 15.2 Å². The van der Waals surface area contributed by atoms with Gasteiger partial charge in [0.1, 0.15) is 22.3 Å². The molecule has 0 atom stereocenters. The summed E-state index contributed by atoms with van der Waals surface area (Å²) in [5.41, 5.74) is 2.72. The predicted molar refractivity (Wildman–Crippen MR) is 148 cm³/mol. The molecule has 2 aromatic carbocycles. The van der Waals surface area contributed by atoms with Crippen LogP contribution in [0.2, 0.25) is 5.02 Å². The first-order chi connectivity index (χ1) is 18.4. The molecule has 1 aliphatic rings. The normalized spacial score (nSPS) is 17.5. The second-order valence-electron chi connectivity index (χ2n) is 9.47. The van der Waals surface area contributed by atoms with Gasteiger partial charge in [-0.2, -0.15) is 0 Å². The first kappa shape index (κ1) is 26.5. The summed E-state index contributed by atoms with van der Waals surface area (Å²) in [6.45, 7) is 0.264. The molecule has 0 radical (unpaired) electrons. The maximum absolute atomic E-state index is 14.6. The van der Waals surface area contributed by atoms with Crippen molar-refractivity contribution in [3.8, 4) is 16.9 Å². The minimum atomic E-state index is -0.645. The molecule has 0 bridgehead atoms. The molecule has 1 N–H and O–H groups in total. The number of carbonyl (C=O) groups excluding carboxylic acids is 1. The van der Waals surface area contributed by atoms with E-state index in [-0.39, 0.29) is 38.5 Å². The van der Waals surface area contributed by atoms with Crippen LogP contribution in [0.3, 0.4) is 0 Å². The van der Waals surface area contributed by atoms with Gasteiger partial charge in [0.15, 0.2) is 0 Å². The zero-order valence-corrected chi connectivity index (χ0v) is 22.7. The number of nitrogens with one attached hydrogen (secondary N) is 1. The van der Waals surface area contributed by atoms with E-state index >= 15 is 0 Å². The molecule has 1 saturated carbocycles. The second-order valence-corrected chi connectivity index (χ2v) is 10.9. The highest BCUT2D eigenvalue weighted by Gasteiger charge is 2.33. The molecule has 38 heavy (non-hydrogen) atoms. The lowest BCUT2D eigenvalue weighted by Gasteiger charge is -2.37. The number of nitrogens with zero attached hydrogens (tertiary/aromatic N) is 2. The van der Waals surface area contributed by atoms with Gasteiger partial charge in [0, 0.05) is 42.1 Å². The van der Waals surface area contributed by atoms with E-state index in [2.05, 4.69) is 10.3 Å². The van der Waals surface area contributed by atoms with Gasteiger partial charge in [0.05, 0.1) is 22.2 Å². The van der Waals surface area contributed by atoms with Crippen LogP contribution in [-0.4, -0.2) is 42.0 Å². The van der Waals surface area contributed by atoms with E-state index in [9.17, 15) is 13.6 Å². The molecule has 0 spiro atoms. The number of aromatic nitrogens is 1. The molecule has 198 valence electrons. The molecule has 0 unspecified atom stereocenters. The molecule has 5 nitrogen and oxygen atoms in total.